The highest BCUT2D eigenvalue weighted by Crippen LogP contribution is 2.24. The lowest BCUT2D eigenvalue weighted by molar-refractivity contribution is -0.105. The number of nitrogens with one attached hydrogen (secondary N) is 2. The number of hydrogen-bond donors (Lipinski definition) is 2. The Labute approximate surface area is 89.9 Å². The van der Waals surface area contributed by atoms with Crippen molar-refractivity contribution in [1.82, 2.24) is 5.32 Å². The first-order valence-electron chi connectivity index (χ1n) is 5.41. The molecule has 3 nitrogen and oxygen atoms in total. The number of carbonyl (C=O) groups is 1. The van der Waals surface area contributed by atoms with Crippen LogP contribution in [0.2, 0.25) is 0 Å². The number of anilines is 1. The maximum absolute atomic E-state index is 10.2. The molecule has 0 spiro atoms. The molecule has 3 heteroatoms. The normalized spacial score (nSPS) is 20.9. The molecule has 1 heterocycles. The third-order valence-electron chi connectivity index (χ3n) is 2.90. The Hall–Kier alpha value is -1.35. The predicted molar refractivity (Wildman–Crippen MR) is 61.0 cm³/mol. The fourth-order valence-electron chi connectivity index (χ4n) is 2.06. The molecular formula is C12H16N2O. The van der Waals surface area contributed by atoms with E-state index in [1.54, 1.807) is 0 Å². The molecule has 2 N–H and O–H groups in total. The Bertz CT molecular complexity index is 315. The van der Waals surface area contributed by atoms with Gasteiger partial charge in [-0.1, -0.05) is 12.1 Å². The summed E-state index contributed by atoms with van der Waals surface area (Å²) >= 11 is 0. The highest BCUT2D eigenvalue weighted by atomic mass is 16.1. The number of rotatable bonds is 3. The third-order valence-corrected chi connectivity index (χ3v) is 2.90. The predicted octanol–water partition coefficient (Wildman–Crippen LogP) is 1.72. The molecule has 0 unspecified atom stereocenters. The molecule has 0 saturated carbocycles. The van der Waals surface area contributed by atoms with Crippen molar-refractivity contribution in [1.29, 1.82) is 0 Å². The van der Waals surface area contributed by atoms with Crippen LogP contribution in [0, 0.1) is 0 Å². The SMILES string of the molecule is O=CNc1ccc([C@@H]2CCCNC2)cc1. The Morgan fingerprint density at radius 2 is 2.13 bits per heavy atom. The summed E-state index contributed by atoms with van der Waals surface area (Å²) in [6.07, 6.45) is 3.21. The molecule has 1 aliphatic rings. The number of carbonyl (C=O) groups excluding carboxylic acids is 1. The van der Waals surface area contributed by atoms with E-state index >= 15 is 0 Å². The van der Waals surface area contributed by atoms with Crippen LogP contribution in [0.25, 0.3) is 0 Å². The fraction of sp³-hybridized carbons (Fsp3) is 0.417. The summed E-state index contributed by atoms with van der Waals surface area (Å²) in [7, 11) is 0. The molecule has 1 amide bonds. The van der Waals surface area contributed by atoms with Crippen LogP contribution in [0.5, 0.6) is 0 Å². The lowest BCUT2D eigenvalue weighted by Crippen LogP contribution is -2.28. The number of hydrogen-bond acceptors (Lipinski definition) is 2. The van der Waals surface area contributed by atoms with Crippen molar-refractivity contribution in [3.63, 3.8) is 0 Å². The smallest absolute Gasteiger partial charge is 0.211 e. The summed E-state index contributed by atoms with van der Waals surface area (Å²) in [5.41, 5.74) is 2.22. The highest BCUT2D eigenvalue weighted by molar-refractivity contribution is 5.71. The van der Waals surface area contributed by atoms with Gasteiger partial charge in [-0.15, -0.1) is 0 Å². The molecule has 1 aromatic carbocycles. The Morgan fingerprint density at radius 3 is 2.73 bits per heavy atom. The Kier molecular flexibility index (Phi) is 3.35. The number of piperidine rings is 1. The zero-order chi connectivity index (χ0) is 10.5. The molecule has 1 saturated heterocycles. The zero-order valence-corrected chi connectivity index (χ0v) is 8.70. The fourth-order valence-corrected chi connectivity index (χ4v) is 2.06. The lowest BCUT2D eigenvalue weighted by Gasteiger charge is -2.23. The summed E-state index contributed by atoms with van der Waals surface area (Å²) in [6.45, 7) is 2.21. The molecule has 1 atom stereocenters. The second-order valence-corrected chi connectivity index (χ2v) is 3.93. The zero-order valence-electron chi connectivity index (χ0n) is 8.70. The standard InChI is InChI=1S/C12H16N2O/c15-9-14-12-5-3-10(4-6-12)11-2-1-7-13-8-11/h3-6,9,11,13H,1-2,7-8H2,(H,14,15)/t11-/m1/s1. The van der Waals surface area contributed by atoms with E-state index in [9.17, 15) is 4.79 Å². The van der Waals surface area contributed by atoms with Crippen molar-refractivity contribution in [2.24, 2.45) is 0 Å². The van der Waals surface area contributed by atoms with Crippen molar-refractivity contribution in [3.8, 4) is 0 Å². The third kappa shape index (κ3) is 2.57. The molecule has 80 valence electrons. The minimum atomic E-state index is 0.629. The van der Waals surface area contributed by atoms with Gasteiger partial charge in [-0.25, -0.2) is 0 Å². The minimum absolute atomic E-state index is 0.629. The van der Waals surface area contributed by atoms with E-state index in [1.807, 2.05) is 12.1 Å². The van der Waals surface area contributed by atoms with Crippen LogP contribution in [0.4, 0.5) is 5.69 Å². The molecule has 1 aliphatic heterocycles. The lowest BCUT2D eigenvalue weighted by atomic mass is 9.92. The first-order chi connectivity index (χ1) is 7.40. The average Bonchev–Trinajstić information content (AvgIpc) is 2.32. The van der Waals surface area contributed by atoms with Gasteiger partial charge in [-0.2, -0.15) is 0 Å². The van der Waals surface area contributed by atoms with E-state index in [0.717, 1.165) is 18.8 Å². The van der Waals surface area contributed by atoms with Gasteiger partial charge in [0.1, 0.15) is 0 Å². The van der Waals surface area contributed by atoms with E-state index < -0.39 is 0 Å². The molecular weight excluding hydrogens is 188 g/mol. The minimum Gasteiger partial charge on any atom is -0.329 e. The van der Waals surface area contributed by atoms with Crippen molar-refractivity contribution < 1.29 is 4.79 Å². The van der Waals surface area contributed by atoms with Gasteiger partial charge < -0.3 is 10.6 Å². The summed E-state index contributed by atoms with van der Waals surface area (Å²) in [4.78, 5) is 10.2. The van der Waals surface area contributed by atoms with Gasteiger partial charge in [-0.3, -0.25) is 4.79 Å². The van der Waals surface area contributed by atoms with E-state index in [2.05, 4.69) is 22.8 Å². The molecule has 0 aliphatic carbocycles. The molecule has 1 fully saturated rings. The Balaban J connectivity index is 2.04. The van der Waals surface area contributed by atoms with Gasteiger partial charge in [0.05, 0.1) is 0 Å². The second kappa shape index (κ2) is 4.94. The molecule has 0 aromatic heterocycles. The summed E-state index contributed by atoms with van der Waals surface area (Å²) < 4.78 is 0. The maximum atomic E-state index is 10.2. The van der Waals surface area contributed by atoms with Crippen LogP contribution in [-0.2, 0) is 4.79 Å². The quantitative estimate of drug-likeness (QED) is 0.736. The Morgan fingerprint density at radius 1 is 1.33 bits per heavy atom. The summed E-state index contributed by atoms with van der Waals surface area (Å²) in [5.74, 6) is 0.629. The number of amides is 1. The second-order valence-electron chi connectivity index (χ2n) is 3.93. The maximum Gasteiger partial charge on any atom is 0.211 e. The van der Waals surface area contributed by atoms with Gasteiger partial charge >= 0.3 is 0 Å². The molecule has 2 rings (SSSR count). The van der Waals surface area contributed by atoms with Crippen molar-refractivity contribution in [3.05, 3.63) is 29.8 Å². The first-order valence-corrected chi connectivity index (χ1v) is 5.41. The summed E-state index contributed by atoms with van der Waals surface area (Å²) in [6, 6.07) is 8.11. The van der Waals surface area contributed by atoms with Gasteiger partial charge in [0.25, 0.3) is 0 Å². The van der Waals surface area contributed by atoms with Crippen LogP contribution in [-0.4, -0.2) is 19.5 Å². The van der Waals surface area contributed by atoms with Gasteiger partial charge in [0.2, 0.25) is 6.41 Å². The van der Waals surface area contributed by atoms with Gasteiger partial charge in [0.15, 0.2) is 0 Å². The monoisotopic (exact) mass is 204 g/mol. The first kappa shape index (κ1) is 10.2. The van der Waals surface area contributed by atoms with Crippen LogP contribution in [0.1, 0.15) is 24.3 Å². The summed E-state index contributed by atoms with van der Waals surface area (Å²) in [5, 5.41) is 6.04. The molecule has 0 bridgehead atoms. The molecule has 0 radical (unpaired) electrons. The van der Waals surface area contributed by atoms with Crippen molar-refractivity contribution >= 4 is 12.1 Å². The van der Waals surface area contributed by atoms with Gasteiger partial charge in [-0.05, 0) is 43.0 Å². The molecule has 15 heavy (non-hydrogen) atoms. The topological polar surface area (TPSA) is 41.1 Å². The highest BCUT2D eigenvalue weighted by Gasteiger charge is 2.14. The van der Waals surface area contributed by atoms with E-state index in [4.69, 9.17) is 0 Å². The van der Waals surface area contributed by atoms with E-state index in [-0.39, 0.29) is 0 Å². The van der Waals surface area contributed by atoms with Crippen LogP contribution in [0.3, 0.4) is 0 Å². The van der Waals surface area contributed by atoms with Crippen molar-refractivity contribution in [2.75, 3.05) is 18.4 Å². The number of benzene rings is 1. The average molecular weight is 204 g/mol. The van der Waals surface area contributed by atoms with Crippen LogP contribution >= 0.6 is 0 Å². The largest absolute Gasteiger partial charge is 0.329 e. The molecule has 1 aromatic rings. The van der Waals surface area contributed by atoms with E-state index in [1.165, 1.54) is 18.4 Å². The van der Waals surface area contributed by atoms with E-state index in [0.29, 0.717) is 12.3 Å². The van der Waals surface area contributed by atoms with Crippen LogP contribution in [0.15, 0.2) is 24.3 Å². The van der Waals surface area contributed by atoms with Gasteiger partial charge in [0, 0.05) is 12.2 Å². The van der Waals surface area contributed by atoms with Crippen molar-refractivity contribution in [2.45, 2.75) is 18.8 Å². The van der Waals surface area contributed by atoms with Crippen LogP contribution < -0.4 is 10.6 Å².